The number of nitrogens with one attached hydrogen (secondary N) is 2. The van der Waals surface area contributed by atoms with Crippen LogP contribution in [0.5, 0.6) is 0 Å². The van der Waals surface area contributed by atoms with Crippen LogP contribution in [0.25, 0.3) is 0 Å². The van der Waals surface area contributed by atoms with Gasteiger partial charge in [-0.05, 0) is 17.5 Å². The first-order valence-corrected chi connectivity index (χ1v) is 8.86. The number of hydrogen-bond donors (Lipinski definition) is 2. The molecule has 0 fully saturated rings. The van der Waals surface area contributed by atoms with Crippen molar-refractivity contribution in [2.45, 2.75) is 32.1 Å². The van der Waals surface area contributed by atoms with E-state index in [2.05, 4.69) is 17.6 Å². The lowest BCUT2D eigenvalue weighted by Gasteiger charge is -2.17. The fraction of sp³-hybridized carbons (Fsp3) is 0.333. The molecule has 2 aromatic carbocycles. The second-order valence-corrected chi connectivity index (χ2v) is 6.03. The van der Waals surface area contributed by atoms with Gasteiger partial charge in [0.15, 0.2) is 0 Å². The molecule has 2 rings (SSSR count). The van der Waals surface area contributed by atoms with E-state index in [1.807, 2.05) is 60.7 Å². The minimum absolute atomic E-state index is 0.00112. The van der Waals surface area contributed by atoms with Crippen LogP contribution in [-0.2, 0) is 9.59 Å². The van der Waals surface area contributed by atoms with E-state index in [-0.39, 0.29) is 18.4 Å². The Balaban J connectivity index is 1.98. The van der Waals surface area contributed by atoms with Crippen LogP contribution in [0.3, 0.4) is 0 Å². The van der Waals surface area contributed by atoms with Crippen LogP contribution in [0.4, 0.5) is 0 Å². The second kappa shape index (κ2) is 10.3. The van der Waals surface area contributed by atoms with Gasteiger partial charge in [-0.25, -0.2) is 0 Å². The summed E-state index contributed by atoms with van der Waals surface area (Å²) in [5, 5.41) is 5.61. The van der Waals surface area contributed by atoms with Crippen molar-refractivity contribution in [3.8, 4) is 0 Å². The number of hydrogen-bond acceptors (Lipinski definition) is 2. The first-order valence-electron chi connectivity index (χ1n) is 8.86. The van der Waals surface area contributed by atoms with E-state index < -0.39 is 5.92 Å². The number of unbranched alkanes of at least 4 members (excludes halogenated alkanes) is 2. The van der Waals surface area contributed by atoms with Gasteiger partial charge in [0, 0.05) is 6.54 Å². The predicted octanol–water partition coefficient (Wildman–Crippen LogP) is 3.24. The summed E-state index contributed by atoms with van der Waals surface area (Å²) in [5.74, 6) is -0.735. The van der Waals surface area contributed by atoms with Gasteiger partial charge in [0.25, 0.3) is 0 Å². The summed E-state index contributed by atoms with van der Waals surface area (Å²) < 4.78 is 0. The molecule has 0 unspecified atom stereocenters. The Morgan fingerprint density at radius 1 is 0.840 bits per heavy atom. The molecular weight excluding hydrogens is 312 g/mol. The molecule has 4 heteroatoms. The summed E-state index contributed by atoms with van der Waals surface area (Å²) in [6.45, 7) is 2.78. The molecule has 0 bridgehead atoms. The molecule has 0 heterocycles. The van der Waals surface area contributed by atoms with Crippen molar-refractivity contribution < 1.29 is 9.59 Å². The summed E-state index contributed by atoms with van der Waals surface area (Å²) in [5.41, 5.74) is 1.82. The van der Waals surface area contributed by atoms with Gasteiger partial charge in [0.2, 0.25) is 11.8 Å². The van der Waals surface area contributed by atoms with Crippen molar-refractivity contribution in [2.24, 2.45) is 0 Å². The maximum absolute atomic E-state index is 12.7. The highest BCUT2D eigenvalue weighted by atomic mass is 16.2. The predicted molar refractivity (Wildman–Crippen MR) is 100 cm³/mol. The Hall–Kier alpha value is -2.62. The third kappa shape index (κ3) is 6.07. The molecule has 0 spiro atoms. The average molecular weight is 338 g/mol. The number of carbonyl (C=O) groups excluding carboxylic acids is 2. The maximum atomic E-state index is 12.7. The molecular formula is C21H26N2O2. The van der Waals surface area contributed by atoms with Gasteiger partial charge in [-0.3, -0.25) is 9.59 Å². The molecule has 25 heavy (non-hydrogen) atoms. The molecule has 0 aliphatic heterocycles. The van der Waals surface area contributed by atoms with Gasteiger partial charge in [0.1, 0.15) is 0 Å². The smallest absolute Gasteiger partial charge is 0.239 e. The molecule has 0 saturated heterocycles. The lowest BCUT2D eigenvalue weighted by atomic mass is 9.90. The van der Waals surface area contributed by atoms with Gasteiger partial charge in [0.05, 0.1) is 12.5 Å². The Morgan fingerprint density at radius 3 is 1.92 bits per heavy atom. The second-order valence-electron chi connectivity index (χ2n) is 6.03. The summed E-state index contributed by atoms with van der Waals surface area (Å²) >= 11 is 0. The SMILES string of the molecule is CCCCCNC(=O)CNC(=O)C(c1ccccc1)c1ccccc1. The van der Waals surface area contributed by atoms with E-state index in [1.54, 1.807) is 0 Å². The summed E-state index contributed by atoms with van der Waals surface area (Å²) in [7, 11) is 0. The van der Waals surface area contributed by atoms with Crippen LogP contribution < -0.4 is 10.6 Å². The lowest BCUT2D eigenvalue weighted by molar-refractivity contribution is -0.126. The topological polar surface area (TPSA) is 58.2 Å². The molecule has 0 aliphatic rings. The molecule has 0 aliphatic carbocycles. The Kier molecular flexibility index (Phi) is 7.70. The number of benzene rings is 2. The van der Waals surface area contributed by atoms with E-state index in [0.717, 1.165) is 30.4 Å². The van der Waals surface area contributed by atoms with Gasteiger partial charge >= 0.3 is 0 Å². The van der Waals surface area contributed by atoms with Crippen LogP contribution >= 0.6 is 0 Å². The third-order valence-electron chi connectivity index (χ3n) is 4.05. The summed E-state index contributed by atoms with van der Waals surface area (Å²) in [6.07, 6.45) is 3.17. The zero-order chi connectivity index (χ0) is 17.9. The van der Waals surface area contributed by atoms with Crippen molar-refractivity contribution in [3.05, 3.63) is 71.8 Å². The van der Waals surface area contributed by atoms with Gasteiger partial charge < -0.3 is 10.6 Å². The van der Waals surface area contributed by atoms with Crippen LogP contribution in [-0.4, -0.2) is 24.9 Å². The average Bonchev–Trinajstić information content (AvgIpc) is 2.65. The molecule has 4 nitrogen and oxygen atoms in total. The monoisotopic (exact) mass is 338 g/mol. The van der Waals surface area contributed by atoms with E-state index >= 15 is 0 Å². The first kappa shape index (κ1) is 18.7. The fourth-order valence-electron chi connectivity index (χ4n) is 2.72. The molecule has 132 valence electrons. The molecule has 0 radical (unpaired) electrons. The molecule has 0 aromatic heterocycles. The zero-order valence-electron chi connectivity index (χ0n) is 14.7. The van der Waals surface area contributed by atoms with E-state index in [0.29, 0.717) is 6.54 Å². The standard InChI is InChI=1S/C21H26N2O2/c1-2-3-10-15-22-19(24)16-23-21(25)20(17-11-6-4-7-12-17)18-13-8-5-9-14-18/h4-9,11-14,20H,2-3,10,15-16H2,1H3,(H,22,24)(H,23,25). The van der Waals surface area contributed by atoms with Crippen molar-refractivity contribution in [2.75, 3.05) is 13.1 Å². The third-order valence-corrected chi connectivity index (χ3v) is 4.05. The highest BCUT2D eigenvalue weighted by molar-refractivity contribution is 5.90. The highest BCUT2D eigenvalue weighted by Crippen LogP contribution is 2.24. The Labute approximate surface area is 149 Å². The fourth-order valence-corrected chi connectivity index (χ4v) is 2.72. The van der Waals surface area contributed by atoms with Gasteiger partial charge in [-0.1, -0.05) is 80.4 Å². The summed E-state index contributed by atoms with van der Waals surface area (Å²) in [6, 6.07) is 19.2. The van der Waals surface area contributed by atoms with E-state index in [9.17, 15) is 9.59 Å². The summed E-state index contributed by atoms with van der Waals surface area (Å²) in [4.78, 5) is 24.6. The van der Waals surface area contributed by atoms with Crippen molar-refractivity contribution in [3.63, 3.8) is 0 Å². The molecule has 0 atom stereocenters. The zero-order valence-corrected chi connectivity index (χ0v) is 14.7. The van der Waals surface area contributed by atoms with Crippen molar-refractivity contribution >= 4 is 11.8 Å². The molecule has 2 aromatic rings. The van der Waals surface area contributed by atoms with Crippen molar-refractivity contribution in [1.29, 1.82) is 0 Å². The minimum atomic E-state index is -0.421. The molecule has 2 N–H and O–H groups in total. The quantitative estimate of drug-likeness (QED) is 0.690. The van der Waals surface area contributed by atoms with E-state index in [1.165, 1.54) is 0 Å². The number of rotatable bonds is 9. The van der Waals surface area contributed by atoms with Crippen LogP contribution in [0.1, 0.15) is 43.2 Å². The van der Waals surface area contributed by atoms with Crippen LogP contribution in [0, 0.1) is 0 Å². The lowest BCUT2D eigenvalue weighted by Crippen LogP contribution is -2.39. The first-order chi connectivity index (χ1) is 12.2. The van der Waals surface area contributed by atoms with Gasteiger partial charge in [-0.15, -0.1) is 0 Å². The number of carbonyl (C=O) groups is 2. The number of amides is 2. The molecule has 2 amide bonds. The van der Waals surface area contributed by atoms with Crippen molar-refractivity contribution in [1.82, 2.24) is 10.6 Å². The van der Waals surface area contributed by atoms with Crippen LogP contribution in [0.15, 0.2) is 60.7 Å². The Morgan fingerprint density at radius 2 is 1.40 bits per heavy atom. The Bertz CT molecular complexity index is 617. The van der Waals surface area contributed by atoms with Gasteiger partial charge in [-0.2, -0.15) is 0 Å². The highest BCUT2D eigenvalue weighted by Gasteiger charge is 2.22. The minimum Gasteiger partial charge on any atom is -0.355 e. The van der Waals surface area contributed by atoms with E-state index in [4.69, 9.17) is 0 Å². The molecule has 0 saturated carbocycles. The maximum Gasteiger partial charge on any atom is 0.239 e. The van der Waals surface area contributed by atoms with Crippen LogP contribution in [0.2, 0.25) is 0 Å². The normalized spacial score (nSPS) is 10.5. The largest absolute Gasteiger partial charge is 0.355 e.